The summed E-state index contributed by atoms with van der Waals surface area (Å²) in [7, 11) is 0. The highest BCUT2D eigenvalue weighted by Crippen LogP contribution is 2.34. The molecule has 0 bridgehead atoms. The molecule has 3 rings (SSSR count). The summed E-state index contributed by atoms with van der Waals surface area (Å²) in [6.07, 6.45) is -6.27. The molecule has 12 heteroatoms. The van der Waals surface area contributed by atoms with Crippen LogP contribution < -0.4 is 14.8 Å². The van der Waals surface area contributed by atoms with Crippen LogP contribution in [0.5, 0.6) is 17.2 Å². The Bertz CT molecular complexity index is 1050. The number of amides is 1. The van der Waals surface area contributed by atoms with E-state index in [2.05, 4.69) is 20.0 Å². The second kappa shape index (κ2) is 8.50. The van der Waals surface area contributed by atoms with E-state index in [1.165, 1.54) is 24.5 Å². The van der Waals surface area contributed by atoms with Crippen LogP contribution in [0.1, 0.15) is 16.1 Å². The molecule has 0 unspecified atom stereocenters. The molecule has 0 saturated carbocycles. The van der Waals surface area contributed by atoms with Gasteiger partial charge >= 0.3 is 12.5 Å². The van der Waals surface area contributed by atoms with Gasteiger partial charge in [-0.2, -0.15) is 13.2 Å². The van der Waals surface area contributed by atoms with Gasteiger partial charge in [-0.1, -0.05) is 0 Å². The SMILES string of the molecule is O=C(Nc1cccnc1)c1cnc(C(F)(F)F)cc1Oc1ccc(OC(F)(F)F)cc1. The molecular formula is C19H11F6N3O3. The van der Waals surface area contributed by atoms with Crippen molar-refractivity contribution in [3.05, 3.63) is 72.3 Å². The van der Waals surface area contributed by atoms with Crippen LogP contribution >= 0.6 is 0 Å². The summed E-state index contributed by atoms with van der Waals surface area (Å²) in [5.41, 5.74) is -1.39. The smallest absolute Gasteiger partial charge is 0.456 e. The highest BCUT2D eigenvalue weighted by molar-refractivity contribution is 6.06. The fourth-order valence-electron chi connectivity index (χ4n) is 2.32. The quantitative estimate of drug-likeness (QED) is 0.532. The average Bonchev–Trinajstić information content (AvgIpc) is 2.68. The molecule has 2 heterocycles. The van der Waals surface area contributed by atoms with Crippen molar-refractivity contribution in [1.82, 2.24) is 9.97 Å². The fraction of sp³-hybridized carbons (Fsp3) is 0.105. The van der Waals surface area contributed by atoms with Crippen LogP contribution in [0.4, 0.5) is 32.0 Å². The van der Waals surface area contributed by atoms with E-state index < -0.39 is 35.6 Å². The number of hydrogen-bond donors (Lipinski definition) is 1. The van der Waals surface area contributed by atoms with Crippen LogP contribution in [0, 0.1) is 0 Å². The minimum absolute atomic E-state index is 0.135. The number of carbonyl (C=O) groups excluding carboxylic acids is 1. The van der Waals surface area contributed by atoms with Crippen LogP contribution in [0.3, 0.4) is 0 Å². The van der Waals surface area contributed by atoms with Gasteiger partial charge < -0.3 is 14.8 Å². The lowest BCUT2D eigenvalue weighted by molar-refractivity contribution is -0.274. The first kappa shape index (κ1) is 21.9. The third kappa shape index (κ3) is 6.07. The number of hydrogen-bond acceptors (Lipinski definition) is 5. The Labute approximate surface area is 170 Å². The summed E-state index contributed by atoms with van der Waals surface area (Å²) in [5, 5.41) is 2.43. The zero-order valence-corrected chi connectivity index (χ0v) is 15.2. The Morgan fingerprint density at radius 2 is 1.61 bits per heavy atom. The van der Waals surface area contributed by atoms with Crippen LogP contribution in [-0.2, 0) is 6.18 Å². The molecular weight excluding hydrogens is 432 g/mol. The van der Waals surface area contributed by atoms with E-state index in [-0.39, 0.29) is 17.0 Å². The predicted molar refractivity (Wildman–Crippen MR) is 94.6 cm³/mol. The van der Waals surface area contributed by atoms with E-state index in [1.807, 2.05) is 0 Å². The number of anilines is 1. The van der Waals surface area contributed by atoms with E-state index in [0.29, 0.717) is 12.3 Å². The van der Waals surface area contributed by atoms with Gasteiger partial charge in [0.1, 0.15) is 28.5 Å². The lowest BCUT2D eigenvalue weighted by Gasteiger charge is -2.14. The summed E-state index contributed by atoms with van der Waals surface area (Å²) in [5.74, 6) is -2.03. The lowest BCUT2D eigenvalue weighted by Crippen LogP contribution is -2.17. The summed E-state index contributed by atoms with van der Waals surface area (Å²) >= 11 is 0. The molecule has 3 aromatic rings. The number of aromatic nitrogens is 2. The Morgan fingerprint density at radius 1 is 0.935 bits per heavy atom. The standard InChI is InChI=1S/C19H11F6N3O3/c20-18(21,22)16-8-15(30-12-3-5-13(6-4-12)31-19(23,24)25)14(10-27-16)17(29)28-11-2-1-7-26-9-11/h1-10H,(H,28,29). The number of rotatable bonds is 5. The normalized spacial score (nSPS) is 11.7. The van der Waals surface area contributed by atoms with Gasteiger partial charge in [0.15, 0.2) is 0 Å². The fourth-order valence-corrected chi connectivity index (χ4v) is 2.32. The van der Waals surface area contributed by atoms with Crippen LogP contribution in [-0.4, -0.2) is 22.2 Å². The zero-order chi connectivity index (χ0) is 22.6. The minimum Gasteiger partial charge on any atom is -0.456 e. The maximum Gasteiger partial charge on any atom is 0.573 e. The maximum absolute atomic E-state index is 13.0. The number of halogens is 6. The summed E-state index contributed by atoms with van der Waals surface area (Å²) < 4.78 is 84.9. The second-order valence-corrected chi connectivity index (χ2v) is 5.88. The summed E-state index contributed by atoms with van der Waals surface area (Å²) in [6.45, 7) is 0. The number of nitrogens with one attached hydrogen (secondary N) is 1. The van der Waals surface area contributed by atoms with E-state index in [9.17, 15) is 31.1 Å². The van der Waals surface area contributed by atoms with E-state index in [0.717, 1.165) is 24.3 Å². The third-order valence-electron chi connectivity index (χ3n) is 3.61. The molecule has 0 aliphatic heterocycles. The Hall–Kier alpha value is -3.83. The van der Waals surface area contributed by atoms with Crippen LogP contribution in [0.15, 0.2) is 61.1 Å². The highest BCUT2D eigenvalue weighted by Gasteiger charge is 2.34. The van der Waals surface area contributed by atoms with Gasteiger partial charge in [0.25, 0.3) is 5.91 Å². The van der Waals surface area contributed by atoms with Crippen LogP contribution in [0.2, 0.25) is 0 Å². The van der Waals surface area contributed by atoms with Crippen molar-refractivity contribution >= 4 is 11.6 Å². The van der Waals surface area contributed by atoms with Crippen molar-refractivity contribution in [3.63, 3.8) is 0 Å². The lowest BCUT2D eigenvalue weighted by atomic mass is 10.2. The molecule has 0 radical (unpaired) electrons. The maximum atomic E-state index is 13.0. The average molecular weight is 443 g/mol. The molecule has 162 valence electrons. The number of benzene rings is 1. The first-order valence-corrected chi connectivity index (χ1v) is 8.33. The first-order chi connectivity index (χ1) is 14.5. The molecule has 6 nitrogen and oxygen atoms in total. The molecule has 1 aromatic carbocycles. The van der Waals surface area contributed by atoms with Gasteiger partial charge in [-0.15, -0.1) is 13.2 Å². The van der Waals surface area contributed by atoms with Crippen molar-refractivity contribution < 1.29 is 40.6 Å². The number of alkyl halides is 6. The number of pyridine rings is 2. The molecule has 1 amide bonds. The molecule has 2 aromatic heterocycles. The Kier molecular flexibility index (Phi) is 5.99. The molecule has 1 N–H and O–H groups in total. The van der Waals surface area contributed by atoms with Gasteiger partial charge in [-0.05, 0) is 36.4 Å². The molecule has 0 saturated heterocycles. The molecule has 0 atom stereocenters. The minimum atomic E-state index is -4.91. The molecule has 31 heavy (non-hydrogen) atoms. The van der Waals surface area contributed by atoms with Gasteiger partial charge in [-0.25, -0.2) is 0 Å². The van der Waals surface area contributed by atoms with Crippen molar-refractivity contribution in [2.45, 2.75) is 12.5 Å². The van der Waals surface area contributed by atoms with E-state index in [4.69, 9.17) is 4.74 Å². The van der Waals surface area contributed by atoms with Crippen molar-refractivity contribution in [2.75, 3.05) is 5.32 Å². The third-order valence-corrected chi connectivity index (χ3v) is 3.61. The number of nitrogens with zero attached hydrogens (tertiary/aromatic N) is 2. The van der Waals surface area contributed by atoms with Crippen molar-refractivity contribution in [1.29, 1.82) is 0 Å². The molecule has 0 aliphatic rings. The van der Waals surface area contributed by atoms with E-state index in [1.54, 1.807) is 0 Å². The zero-order valence-electron chi connectivity index (χ0n) is 15.2. The highest BCUT2D eigenvalue weighted by atomic mass is 19.4. The molecule has 0 fully saturated rings. The monoisotopic (exact) mass is 443 g/mol. The summed E-state index contributed by atoms with van der Waals surface area (Å²) in [6, 6.07) is 7.44. The summed E-state index contributed by atoms with van der Waals surface area (Å²) in [4.78, 5) is 19.6. The van der Waals surface area contributed by atoms with Gasteiger partial charge in [-0.3, -0.25) is 14.8 Å². The topological polar surface area (TPSA) is 73.3 Å². The van der Waals surface area contributed by atoms with Crippen molar-refractivity contribution in [3.8, 4) is 17.2 Å². The predicted octanol–water partition coefficient (Wildman–Crippen LogP) is 5.44. The largest absolute Gasteiger partial charge is 0.573 e. The van der Waals surface area contributed by atoms with E-state index >= 15 is 0 Å². The molecule has 0 aliphatic carbocycles. The first-order valence-electron chi connectivity index (χ1n) is 8.33. The molecule has 0 spiro atoms. The Balaban J connectivity index is 1.90. The second-order valence-electron chi connectivity index (χ2n) is 5.88. The van der Waals surface area contributed by atoms with Gasteiger partial charge in [0.05, 0.1) is 11.9 Å². The van der Waals surface area contributed by atoms with Gasteiger partial charge in [0.2, 0.25) is 0 Å². The Morgan fingerprint density at radius 3 is 2.19 bits per heavy atom. The van der Waals surface area contributed by atoms with Gasteiger partial charge in [0, 0.05) is 18.5 Å². The number of ether oxygens (including phenoxy) is 2. The van der Waals surface area contributed by atoms with Crippen molar-refractivity contribution in [2.24, 2.45) is 0 Å². The number of carbonyl (C=O) groups is 1. The van der Waals surface area contributed by atoms with Crippen LogP contribution in [0.25, 0.3) is 0 Å².